The molecule has 4 fully saturated rings. The summed E-state index contributed by atoms with van der Waals surface area (Å²) in [4.78, 5) is 23.2. The molecule has 1 amide bonds. The molecule has 0 radical (unpaired) electrons. The van der Waals surface area contributed by atoms with Crippen molar-refractivity contribution in [2.45, 2.75) is 51.0 Å². The van der Waals surface area contributed by atoms with E-state index in [0.29, 0.717) is 17.8 Å². The third kappa shape index (κ3) is 2.99. The van der Waals surface area contributed by atoms with E-state index in [1.54, 1.807) is 0 Å². The van der Waals surface area contributed by atoms with E-state index in [2.05, 4.69) is 11.9 Å². The average Bonchev–Trinajstić information content (AvgIpc) is 2.42. The van der Waals surface area contributed by atoms with Gasteiger partial charge in [-0.1, -0.05) is 12.7 Å². The number of aliphatic carboxylic acids is 1. The minimum atomic E-state index is -0.857. The van der Waals surface area contributed by atoms with Gasteiger partial charge in [-0.2, -0.15) is 0 Å². The molecule has 5 nitrogen and oxygen atoms in total. The topological polar surface area (TPSA) is 75.6 Å². The molecule has 22 heavy (non-hydrogen) atoms. The van der Waals surface area contributed by atoms with Crippen molar-refractivity contribution in [1.82, 2.24) is 5.32 Å². The Labute approximate surface area is 131 Å². The van der Waals surface area contributed by atoms with Gasteiger partial charge >= 0.3 is 12.1 Å². The molecule has 4 rings (SSSR count). The number of hydrogen-bond donors (Lipinski definition) is 2. The molecule has 0 heterocycles. The van der Waals surface area contributed by atoms with Crippen LogP contribution in [-0.2, 0) is 9.53 Å². The van der Waals surface area contributed by atoms with Crippen LogP contribution in [0, 0.1) is 23.2 Å². The fourth-order valence-electron chi connectivity index (χ4n) is 5.52. The van der Waals surface area contributed by atoms with Crippen molar-refractivity contribution in [1.29, 1.82) is 0 Å². The van der Waals surface area contributed by atoms with E-state index >= 15 is 0 Å². The van der Waals surface area contributed by atoms with Gasteiger partial charge in [0, 0.05) is 6.04 Å². The van der Waals surface area contributed by atoms with Crippen molar-refractivity contribution in [2.24, 2.45) is 23.2 Å². The lowest BCUT2D eigenvalue weighted by atomic mass is 9.47. The summed E-state index contributed by atoms with van der Waals surface area (Å²) >= 11 is 0. The van der Waals surface area contributed by atoms with Gasteiger partial charge in [-0.3, -0.25) is 4.79 Å². The summed E-state index contributed by atoms with van der Waals surface area (Å²) < 4.78 is 5.01. The fraction of sp³-hybridized carbons (Fsp3) is 0.765. The number of carboxylic acids is 1. The summed E-state index contributed by atoms with van der Waals surface area (Å²) in [5, 5.41) is 12.1. The molecule has 1 unspecified atom stereocenters. The number of carbonyl (C=O) groups excluding carboxylic acids is 1. The Bertz CT molecular complexity index is 438. The highest BCUT2D eigenvalue weighted by Crippen LogP contribution is 2.61. The third-order valence-electron chi connectivity index (χ3n) is 5.83. The van der Waals surface area contributed by atoms with Gasteiger partial charge in [-0.15, -0.1) is 0 Å². The normalized spacial score (nSPS) is 36.6. The fourth-order valence-corrected chi connectivity index (χ4v) is 5.52. The van der Waals surface area contributed by atoms with Crippen molar-refractivity contribution in [3.63, 3.8) is 0 Å². The maximum Gasteiger partial charge on any atom is 0.407 e. The molecule has 0 aliphatic heterocycles. The number of alkyl carbamates (subject to hydrolysis) is 1. The molecule has 4 aliphatic rings. The Morgan fingerprint density at radius 2 is 1.77 bits per heavy atom. The first kappa shape index (κ1) is 15.4. The summed E-state index contributed by atoms with van der Waals surface area (Å²) in [5.74, 6) is 1.29. The lowest BCUT2D eigenvalue weighted by Crippen LogP contribution is -2.57. The Morgan fingerprint density at radius 3 is 2.23 bits per heavy atom. The first-order valence-corrected chi connectivity index (χ1v) is 8.27. The average molecular weight is 307 g/mol. The van der Waals surface area contributed by atoms with E-state index in [-0.39, 0.29) is 24.5 Å². The van der Waals surface area contributed by atoms with Gasteiger partial charge in [-0.05, 0) is 61.7 Å². The summed E-state index contributed by atoms with van der Waals surface area (Å²) in [6.45, 7) is 3.66. The molecular formula is C17H25NO4. The summed E-state index contributed by atoms with van der Waals surface area (Å²) in [6.07, 6.45) is 8.00. The molecule has 5 heteroatoms. The number of amides is 1. The lowest BCUT2D eigenvalue weighted by molar-refractivity contribution is -0.141. The van der Waals surface area contributed by atoms with Crippen LogP contribution in [-0.4, -0.2) is 29.8 Å². The van der Waals surface area contributed by atoms with Crippen LogP contribution in [0.25, 0.3) is 0 Å². The lowest BCUT2D eigenvalue weighted by Gasteiger charge is -2.59. The van der Waals surface area contributed by atoms with Crippen LogP contribution < -0.4 is 5.32 Å². The molecule has 0 aromatic carbocycles. The first-order valence-electron chi connectivity index (χ1n) is 8.27. The van der Waals surface area contributed by atoms with Gasteiger partial charge in [0.15, 0.2) is 0 Å². The monoisotopic (exact) mass is 307 g/mol. The van der Waals surface area contributed by atoms with Gasteiger partial charge in [0.1, 0.15) is 6.61 Å². The zero-order valence-electron chi connectivity index (χ0n) is 12.9. The molecule has 122 valence electrons. The van der Waals surface area contributed by atoms with Gasteiger partial charge in [0.2, 0.25) is 0 Å². The van der Waals surface area contributed by atoms with E-state index in [4.69, 9.17) is 4.74 Å². The molecule has 0 aromatic heterocycles. The van der Waals surface area contributed by atoms with Gasteiger partial charge in [0.05, 0.1) is 6.42 Å². The number of carbonyl (C=O) groups is 2. The van der Waals surface area contributed by atoms with Crippen LogP contribution in [0.4, 0.5) is 4.79 Å². The van der Waals surface area contributed by atoms with Crippen molar-refractivity contribution < 1.29 is 19.4 Å². The van der Waals surface area contributed by atoms with E-state index in [0.717, 1.165) is 19.3 Å². The standard InChI is InChI=1S/C17H25NO4/c1-2-3-22-16(21)18-14(7-15(19)20)17-8-11-4-12(9-17)6-13(5-11)10-17/h2,11-14H,1,3-10H2,(H,18,21)(H,19,20). The molecule has 2 N–H and O–H groups in total. The second-order valence-corrected chi connectivity index (χ2v) is 7.46. The van der Waals surface area contributed by atoms with E-state index < -0.39 is 12.1 Å². The molecule has 4 aliphatic carbocycles. The van der Waals surface area contributed by atoms with Crippen LogP contribution >= 0.6 is 0 Å². The summed E-state index contributed by atoms with van der Waals surface area (Å²) in [5.41, 5.74) is -0.0413. The van der Waals surface area contributed by atoms with Gasteiger partial charge in [-0.25, -0.2) is 4.79 Å². The van der Waals surface area contributed by atoms with Crippen molar-refractivity contribution in [3.8, 4) is 0 Å². The quantitative estimate of drug-likeness (QED) is 0.740. The Hall–Kier alpha value is -1.52. The predicted molar refractivity (Wildman–Crippen MR) is 81.3 cm³/mol. The minimum Gasteiger partial charge on any atom is -0.481 e. The Balaban J connectivity index is 1.75. The first-order chi connectivity index (χ1) is 10.5. The van der Waals surface area contributed by atoms with Gasteiger partial charge in [0.25, 0.3) is 0 Å². The molecule has 0 saturated heterocycles. The van der Waals surface area contributed by atoms with E-state index in [1.807, 2.05) is 0 Å². The second kappa shape index (κ2) is 5.94. The molecule has 0 aromatic rings. The third-order valence-corrected chi connectivity index (χ3v) is 5.83. The van der Waals surface area contributed by atoms with E-state index in [9.17, 15) is 14.7 Å². The largest absolute Gasteiger partial charge is 0.481 e. The van der Waals surface area contributed by atoms with Crippen LogP contribution in [0.15, 0.2) is 12.7 Å². The maximum atomic E-state index is 11.9. The smallest absolute Gasteiger partial charge is 0.407 e. The Kier molecular flexibility index (Phi) is 4.15. The van der Waals surface area contributed by atoms with Crippen molar-refractivity contribution in [3.05, 3.63) is 12.7 Å². The minimum absolute atomic E-state index is 0.0185. The molecular weight excluding hydrogens is 282 g/mol. The van der Waals surface area contributed by atoms with Crippen LogP contribution in [0.5, 0.6) is 0 Å². The predicted octanol–water partition coefficient (Wildman–Crippen LogP) is 2.96. The maximum absolute atomic E-state index is 11.9. The molecule has 1 atom stereocenters. The van der Waals surface area contributed by atoms with E-state index in [1.165, 1.54) is 25.3 Å². The van der Waals surface area contributed by atoms with Crippen LogP contribution in [0.2, 0.25) is 0 Å². The summed E-state index contributed by atoms with van der Waals surface area (Å²) in [6, 6.07) is -0.323. The highest BCUT2D eigenvalue weighted by Gasteiger charge is 2.54. The van der Waals surface area contributed by atoms with Crippen molar-refractivity contribution in [2.75, 3.05) is 6.61 Å². The molecule has 4 bridgehead atoms. The van der Waals surface area contributed by atoms with Crippen LogP contribution in [0.1, 0.15) is 44.9 Å². The number of hydrogen-bond acceptors (Lipinski definition) is 3. The molecule has 4 saturated carbocycles. The Morgan fingerprint density at radius 1 is 1.23 bits per heavy atom. The zero-order chi connectivity index (χ0) is 15.7. The SMILES string of the molecule is C=CCOC(=O)NC(CC(=O)O)C12CC3CC(CC(C3)C1)C2. The number of ether oxygens (including phenoxy) is 1. The van der Waals surface area contributed by atoms with Crippen LogP contribution in [0.3, 0.4) is 0 Å². The van der Waals surface area contributed by atoms with Gasteiger partial charge < -0.3 is 15.2 Å². The van der Waals surface area contributed by atoms with Crippen molar-refractivity contribution >= 4 is 12.1 Å². The number of carboxylic acid groups (broad SMARTS) is 1. The zero-order valence-corrected chi connectivity index (χ0v) is 12.9. The highest BCUT2D eigenvalue weighted by atomic mass is 16.5. The summed E-state index contributed by atoms with van der Waals surface area (Å²) in [7, 11) is 0. The highest BCUT2D eigenvalue weighted by molar-refractivity contribution is 5.71. The second-order valence-electron chi connectivity index (χ2n) is 7.46. The number of nitrogens with one attached hydrogen (secondary N) is 1. The number of rotatable bonds is 6. The molecule has 0 spiro atoms.